The van der Waals surface area contributed by atoms with Crippen LogP contribution in [0.4, 0.5) is 0 Å². The minimum absolute atomic E-state index is 0.0910. The molecular weight excluding hydrogens is 304 g/mol. The maximum atomic E-state index is 12.0. The number of amides is 1. The maximum absolute atomic E-state index is 12.0. The van der Waals surface area contributed by atoms with Crippen LogP contribution in [0.2, 0.25) is 0 Å². The molecule has 1 fully saturated rings. The molecule has 6 heteroatoms. The van der Waals surface area contributed by atoms with Crippen molar-refractivity contribution in [3.05, 3.63) is 30.0 Å². The second-order valence-electron chi connectivity index (χ2n) is 6.28. The molecule has 0 bridgehead atoms. The molecule has 2 aromatic rings. The van der Waals surface area contributed by atoms with Crippen LogP contribution < -0.4 is 5.32 Å². The van der Waals surface area contributed by atoms with E-state index in [2.05, 4.69) is 34.4 Å². The first-order chi connectivity index (χ1) is 11.7. The predicted molar refractivity (Wildman–Crippen MR) is 94.0 cm³/mol. The number of nitrogens with zero attached hydrogens (tertiary/aromatic N) is 3. The van der Waals surface area contributed by atoms with Gasteiger partial charge in [-0.25, -0.2) is 0 Å². The van der Waals surface area contributed by atoms with Gasteiger partial charge in [-0.1, -0.05) is 12.1 Å². The fraction of sp³-hybridized carbons (Fsp3) is 0.556. The molecule has 3 rings (SSSR count). The zero-order chi connectivity index (χ0) is 16.8. The summed E-state index contributed by atoms with van der Waals surface area (Å²) in [7, 11) is 0. The number of ether oxygens (including phenoxy) is 1. The largest absolute Gasteiger partial charge is 0.379 e. The lowest BCUT2D eigenvalue weighted by molar-refractivity contribution is -0.121. The summed E-state index contributed by atoms with van der Waals surface area (Å²) in [5, 5.41) is 8.57. The topological polar surface area (TPSA) is 59.4 Å². The average molecular weight is 330 g/mol. The summed E-state index contributed by atoms with van der Waals surface area (Å²) in [5.41, 5.74) is 2.31. The number of hydrogen-bond acceptors (Lipinski definition) is 4. The molecule has 0 atom stereocenters. The van der Waals surface area contributed by atoms with Crippen molar-refractivity contribution in [2.24, 2.45) is 0 Å². The minimum atomic E-state index is 0.0910. The van der Waals surface area contributed by atoms with Crippen molar-refractivity contribution in [2.45, 2.75) is 26.3 Å². The van der Waals surface area contributed by atoms with Gasteiger partial charge in [-0.15, -0.1) is 0 Å². The molecule has 0 saturated carbocycles. The molecule has 0 radical (unpaired) electrons. The Kier molecular flexibility index (Phi) is 5.82. The highest BCUT2D eigenvalue weighted by molar-refractivity contribution is 5.82. The Bertz CT molecular complexity index is 677. The summed E-state index contributed by atoms with van der Waals surface area (Å²) in [6, 6.07) is 6.16. The van der Waals surface area contributed by atoms with Crippen LogP contribution >= 0.6 is 0 Å². The zero-order valence-corrected chi connectivity index (χ0v) is 14.3. The highest BCUT2D eigenvalue weighted by Gasteiger charge is 2.10. The van der Waals surface area contributed by atoms with E-state index in [0.717, 1.165) is 56.7 Å². The van der Waals surface area contributed by atoms with Gasteiger partial charge >= 0.3 is 0 Å². The van der Waals surface area contributed by atoms with Gasteiger partial charge in [0.05, 0.1) is 31.5 Å². The molecule has 1 amide bonds. The van der Waals surface area contributed by atoms with E-state index >= 15 is 0 Å². The van der Waals surface area contributed by atoms with Crippen molar-refractivity contribution >= 4 is 16.8 Å². The second kappa shape index (κ2) is 8.26. The molecule has 0 aliphatic carbocycles. The number of nitrogens with one attached hydrogen (secondary N) is 1. The van der Waals surface area contributed by atoms with Crippen molar-refractivity contribution in [3.8, 4) is 0 Å². The average Bonchev–Trinajstić information content (AvgIpc) is 3.02. The Morgan fingerprint density at radius 2 is 2.12 bits per heavy atom. The van der Waals surface area contributed by atoms with E-state index in [1.165, 1.54) is 5.56 Å². The van der Waals surface area contributed by atoms with Gasteiger partial charge in [0.15, 0.2) is 0 Å². The van der Waals surface area contributed by atoms with Gasteiger partial charge in [0, 0.05) is 31.4 Å². The van der Waals surface area contributed by atoms with Crippen molar-refractivity contribution in [3.63, 3.8) is 0 Å². The summed E-state index contributed by atoms with van der Waals surface area (Å²) in [6.07, 6.45) is 3.32. The maximum Gasteiger partial charge on any atom is 0.221 e. The number of hydrogen-bond donors (Lipinski definition) is 1. The normalized spacial score (nSPS) is 15.7. The molecule has 0 unspecified atom stereocenters. The van der Waals surface area contributed by atoms with Gasteiger partial charge in [-0.05, 0) is 31.5 Å². The fourth-order valence-electron chi connectivity index (χ4n) is 3.08. The van der Waals surface area contributed by atoms with Crippen LogP contribution in [0.5, 0.6) is 0 Å². The number of fused-ring (bicyclic) bond motifs is 1. The molecule has 130 valence electrons. The Morgan fingerprint density at radius 1 is 1.29 bits per heavy atom. The number of benzene rings is 1. The summed E-state index contributed by atoms with van der Waals surface area (Å²) >= 11 is 0. The van der Waals surface area contributed by atoms with Gasteiger partial charge < -0.3 is 10.1 Å². The number of carbonyl (C=O) groups is 1. The standard InChI is InChI=1S/C18H26N4O2/c1-15-4-2-5-17-16(15)14-20-22(17)9-6-18(23)19-7-3-8-21-10-12-24-13-11-21/h2,4-5,14H,3,6-13H2,1H3,(H,19,23). The van der Waals surface area contributed by atoms with Gasteiger partial charge in [-0.2, -0.15) is 5.10 Å². The minimum Gasteiger partial charge on any atom is -0.379 e. The molecule has 1 aromatic heterocycles. The quantitative estimate of drug-likeness (QED) is 0.783. The lowest BCUT2D eigenvalue weighted by Crippen LogP contribution is -2.38. The summed E-state index contributed by atoms with van der Waals surface area (Å²) < 4.78 is 7.24. The van der Waals surface area contributed by atoms with E-state index in [4.69, 9.17) is 4.74 Å². The van der Waals surface area contributed by atoms with Gasteiger partial charge in [-0.3, -0.25) is 14.4 Å². The van der Waals surface area contributed by atoms with Crippen LogP contribution in [-0.4, -0.2) is 60.0 Å². The van der Waals surface area contributed by atoms with E-state index in [-0.39, 0.29) is 5.91 Å². The molecular formula is C18H26N4O2. The number of aryl methyl sites for hydroxylation is 2. The zero-order valence-electron chi connectivity index (χ0n) is 14.3. The van der Waals surface area contributed by atoms with Crippen LogP contribution in [-0.2, 0) is 16.1 Å². The number of aromatic nitrogens is 2. The van der Waals surface area contributed by atoms with E-state index < -0.39 is 0 Å². The van der Waals surface area contributed by atoms with Crippen LogP contribution in [0.25, 0.3) is 10.9 Å². The van der Waals surface area contributed by atoms with Gasteiger partial charge in [0.1, 0.15) is 0 Å². The van der Waals surface area contributed by atoms with Crippen LogP contribution in [0, 0.1) is 6.92 Å². The molecule has 1 N–H and O–H groups in total. The number of carbonyl (C=O) groups excluding carboxylic acids is 1. The monoisotopic (exact) mass is 330 g/mol. The summed E-state index contributed by atoms with van der Waals surface area (Å²) in [6.45, 7) is 8.09. The second-order valence-corrected chi connectivity index (χ2v) is 6.28. The van der Waals surface area contributed by atoms with E-state index in [1.54, 1.807) is 0 Å². The summed E-state index contributed by atoms with van der Waals surface area (Å²) in [4.78, 5) is 14.4. The molecule has 2 heterocycles. The number of rotatable bonds is 7. The molecule has 24 heavy (non-hydrogen) atoms. The Morgan fingerprint density at radius 3 is 2.96 bits per heavy atom. The Labute approximate surface area is 142 Å². The highest BCUT2D eigenvalue weighted by Crippen LogP contribution is 2.17. The molecule has 1 saturated heterocycles. The third-order valence-electron chi connectivity index (χ3n) is 4.53. The predicted octanol–water partition coefficient (Wildman–Crippen LogP) is 1.57. The highest BCUT2D eigenvalue weighted by atomic mass is 16.5. The van der Waals surface area contributed by atoms with Crippen molar-refractivity contribution in [2.75, 3.05) is 39.4 Å². The van der Waals surface area contributed by atoms with E-state index in [1.807, 2.05) is 16.9 Å². The van der Waals surface area contributed by atoms with Crippen molar-refractivity contribution in [1.82, 2.24) is 20.0 Å². The fourth-order valence-corrected chi connectivity index (χ4v) is 3.08. The molecule has 1 aliphatic heterocycles. The van der Waals surface area contributed by atoms with Gasteiger partial charge in [0.25, 0.3) is 0 Å². The van der Waals surface area contributed by atoms with Crippen LogP contribution in [0.1, 0.15) is 18.4 Å². The smallest absolute Gasteiger partial charge is 0.221 e. The van der Waals surface area contributed by atoms with Gasteiger partial charge in [0.2, 0.25) is 5.91 Å². The Hall–Kier alpha value is -1.92. The molecule has 6 nitrogen and oxygen atoms in total. The molecule has 1 aliphatic rings. The Balaban J connectivity index is 1.38. The first-order valence-corrected chi connectivity index (χ1v) is 8.72. The van der Waals surface area contributed by atoms with Crippen LogP contribution in [0.15, 0.2) is 24.4 Å². The SMILES string of the molecule is Cc1cccc2c1cnn2CCC(=O)NCCCN1CCOCC1. The number of morpholine rings is 1. The first kappa shape index (κ1) is 16.9. The third-order valence-corrected chi connectivity index (χ3v) is 4.53. The van der Waals surface area contributed by atoms with E-state index in [9.17, 15) is 4.79 Å². The summed E-state index contributed by atoms with van der Waals surface area (Å²) in [5.74, 6) is 0.0910. The van der Waals surface area contributed by atoms with E-state index in [0.29, 0.717) is 13.0 Å². The lowest BCUT2D eigenvalue weighted by Gasteiger charge is -2.26. The van der Waals surface area contributed by atoms with Crippen LogP contribution in [0.3, 0.4) is 0 Å². The molecule has 0 spiro atoms. The van der Waals surface area contributed by atoms with Crippen molar-refractivity contribution in [1.29, 1.82) is 0 Å². The third kappa shape index (κ3) is 4.33. The van der Waals surface area contributed by atoms with Crippen molar-refractivity contribution < 1.29 is 9.53 Å². The molecule has 1 aromatic carbocycles. The first-order valence-electron chi connectivity index (χ1n) is 8.72. The lowest BCUT2D eigenvalue weighted by atomic mass is 10.1.